The first-order chi connectivity index (χ1) is 11.7. The molecule has 0 spiro atoms. The van der Waals surface area contributed by atoms with Crippen LogP contribution < -0.4 is 5.32 Å². The first kappa shape index (κ1) is 19.2. The van der Waals surface area contributed by atoms with Crippen LogP contribution in [0.2, 0.25) is 0 Å². The fraction of sp³-hybridized carbons (Fsp3) is 0.500. The fourth-order valence-electron chi connectivity index (χ4n) is 2.32. The summed E-state index contributed by atoms with van der Waals surface area (Å²) in [5, 5.41) is 12.0. The number of thiocarbonyl (C=S) groups is 1. The van der Waals surface area contributed by atoms with Gasteiger partial charge in [0.05, 0.1) is 6.34 Å². The van der Waals surface area contributed by atoms with Crippen molar-refractivity contribution < 1.29 is 24.2 Å². The van der Waals surface area contributed by atoms with Crippen LogP contribution >= 0.6 is 24.0 Å². The van der Waals surface area contributed by atoms with Gasteiger partial charge in [-0.25, -0.2) is 9.79 Å². The molecule has 1 unspecified atom stereocenters. The van der Waals surface area contributed by atoms with Crippen LogP contribution in [-0.4, -0.2) is 82.1 Å². The number of esters is 1. The zero-order valence-electron chi connectivity index (χ0n) is 13.9. The number of fused-ring (bicyclic) bond motifs is 1. The summed E-state index contributed by atoms with van der Waals surface area (Å²) in [6, 6.07) is -0.638. The standard InChI is InChI=1S/C14H18N4O5S2/c1-7(19)23-4-8-5-25-12-9(16-14(24)15-6-17(2)3)11(20)18(12)10(8)13(21)22/h6,9,12H,4-5H2,1-3H3,(H,16,24)(H,21,22)/t9?,12-/m1/s1. The van der Waals surface area contributed by atoms with Crippen LogP contribution in [0.15, 0.2) is 16.3 Å². The maximum Gasteiger partial charge on any atom is 0.352 e. The SMILES string of the molecule is CC(=O)OCC1=C(C(=O)O)N2C(=O)C(NC(=S)N=CN(C)C)[C@H]2SC1. The number of β-lactam (4-membered cyclic amide) rings is 1. The molecule has 1 amide bonds. The number of carbonyl (C=O) groups excluding carboxylic acids is 2. The molecule has 0 saturated carbocycles. The summed E-state index contributed by atoms with van der Waals surface area (Å²) in [6.45, 7) is 1.09. The molecule has 25 heavy (non-hydrogen) atoms. The number of aliphatic carboxylic acids is 1. The van der Waals surface area contributed by atoms with Crippen LogP contribution in [0.3, 0.4) is 0 Å². The summed E-state index contributed by atoms with van der Waals surface area (Å²) in [7, 11) is 3.57. The van der Waals surface area contributed by atoms with E-state index in [4.69, 9.17) is 17.0 Å². The zero-order chi connectivity index (χ0) is 18.7. The summed E-state index contributed by atoms with van der Waals surface area (Å²) < 4.78 is 4.88. The summed E-state index contributed by atoms with van der Waals surface area (Å²) in [5.74, 6) is -1.80. The molecule has 0 bridgehead atoms. The van der Waals surface area contributed by atoms with Crippen molar-refractivity contribution in [3.8, 4) is 0 Å². The molecular weight excluding hydrogens is 368 g/mol. The first-order valence-corrected chi connectivity index (χ1v) is 8.72. The predicted octanol–water partition coefficient (Wildman–Crippen LogP) is -0.364. The second kappa shape index (κ2) is 7.83. The van der Waals surface area contributed by atoms with E-state index in [0.717, 1.165) is 0 Å². The number of thioether (sulfide) groups is 1. The molecule has 136 valence electrons. The highest BCUT2D eigenvalue weighted by Gasteiger charge is 2.53. The van der Waals surface area contributed by atoms with Gasteiger partial charge in [-0.05, 0) is 12.2 Å². The molecule has 11 heteroatoms. The lowest BCUT2D eigenvalue weighted by atomic mass is 10.0. The minimum absolute atomic E-state index is 0.129. The quantitative estimate of drug-likeness (QED) is 0.215. The Morgan fingerprint density at radius 1 is 1.56 bits per heavy atom. The van der Waals surface area contributed by atoms with Crippen LogP contribution in [-0.2, 0) is 19.1 Å². The van der Waals surface area contributed by atoms with Gasteiger partial charge < -0.3 is 20.1 Å². The number of carbonyl (C=O) groups is 3. The third kappa shape index (κ3) is 4.28. The largest absolute Gasteiger partial charge is 0.477 e. The van der Waals surface area contributed by atoms with Gasteiger partial charge in [-0.3, -0.25) is 14.5 Å². The Morgan fingerprint density at radius 3 is 2.80 bits per heavy atom. The molecule has 0 aromatic rings. The molecule has 2 heterocycles. The first-order valence-electron chi connectivity index (χ1n) is 7.26. The molecule has 0 aromatic heterocycles. The van der Waals surface area contributed by atoms with E-state index in [1.165, 1.54) is 29.9 Å². The van der Waals surface area contributed by atoms with Gasteiger partial charge in [-0.2, -0.15) is 0 Å². The van der Waals surface area contributed by atoms with E-state index in [9.17, 15) is 19.5 Å². The average molecular weight is 386 g/mol. The Labute approximate surface area is 154 Å². The topological polar surface area (TPSA) is 112 Å². The number of rotatable bonds is 5. The summed E-state index contributed by atoms with van der Waals surface area (Å²) in [6.07, 6.45) is 1.50. The minimum atomic E-state index is -1.23. The van der Waals surface area contributed by atoms with Gasteiger partial charge in [-0.1, -0.05) is 0 Å². The number of amides is 1. The van der Waals surface area contributed by atoms with Gasteiger partial charge in [0.2, 0.25) is 0 Å². The summed E-state index contributed by atoms with van der Waals surface area (Å²) >= 11 is 6.45. The highest BCUT2D eigenvalue weighted by Crippen LogP contribution is 2.40. The highest BCUT2D eigenvalue weighted by atomic mass is 32.2. The lowest BCUT2D eigenvalue weighted by molar-refractivity contribution is -0.148. The third-order valence-electron chi connectivity index (χ3n) is 3.38. The molecule has 1 saturated heterocycles. The van der Waals surface area contributed by atoms with Crippen LogP contribution in [0.1, 0.15) is 6.92 Å². The smallest absolute Gasteiger partial charge is 0.352 e. The Bertz CT molecular complexity index is 676. The molecule has 2 N–H and O–H groups in total. The third-order valence-corrected chi connectivity index (χ3v) is 4.95. The van der Waals surface area contributed by atoms with Crippen LogP contribution in [0.4, 0.5) is 0 Å². The van der Waals surface area contributed by atoms with Crippen molar-refractivity contribution in [2.75, 3.05) is 26.5 Å². The van der Waals surface area contributed by atoms with Gasteiger partial charge in [0.25, 0.3) is 5.91 Å². The molecule has 0 aromatic carbocycles. The molecular formula is C14H18N4O5S2. The summed E-state index contributed by atoms with van der Waals surface area (Å²) in [5.41, 5.74) is 0.264. The van der Waals surface area contributed by atoms with Crippen molar-refractivity contribution in [3.05, 3.63) is 11.3 Å². The molecule has 0 aliphatic carbocycles. The van der Waals surface area contributed by atoms with E-state index >= 15 is 0 Å². The number of hydrogen-bond acceptors (Lipinski definition) is 6. The lowest BCUT2D eigenvalue weighted by Crippen LogP contribution is -2.70. The molecule has 1 fully saturated rings. The van der Waals surface area contributed by atoms with E-state index in [1.54, 1.807) is 19.0 Å². The Kier molecular flexibility index (Phi) is 6.01. The molecule has 2 aliphatic heterocycles. The average Bonchev–Trinajstić information content (AvgIpc) is 2.54. The Morgan fingerprint density at radius 2 is 2.24 bits per heavy atom. The minimum Gasteiger partial charge on any atom is -0.477 e. The van der Waals surface area contributed by atoms with Gasteiger partial charge in [-0.15, -0.1) is 11.8 Å². The van der Waals surface area contributed by atoms with E-state index in [0.29, 0.717) is 11.3 Å². The van der Waals surface area contributed by atoms with Gasteiger partial charge in [0, 0.05) is 32.3 Å². The Balaban J connectivity index is 2.12. The predicted molar refractivity (Wildman–Crippen MR) is 96.1 cm³/mol. The molecule has 0 radical (unpaired) electrons. The fourth-order valence-corrected chi connectivity index (χ4v) is 3.82. The maximum atomic E-state index is 12.4. The van der Waals surface area contributed by atoms with Gasteiger partial charge >= 0.3 is 11.9 Å². The second-order valence-electron chi connectivity index (χ2n) is 5.58. The van der Waals surface area contributed by atoms with Crippen molar-refractivity contribution in [2.24, 2.45) is 4.99 Å². The maximum absolute atomic E-state index is 12.4. The number of nitrogens with one attached hydrogen (secondary N) is 1. The zero-order valence-corrected chi connectivity index (χ0v) is 15.5. The Hall–Kier alpha value is -2.14. The molecule has 2 rings (SSSR count). The number of hydrogen-bond donors (Lipinski definition) is 2. The second-order valence-corrected chi connectivity index (χ2v) is 7.07. The van der Waals surface area contributed by atoms with Crippen molar-refractivity contribution in [3.63, 3.8) is 0 Å². The molecule has 2 aliphatic rings. The van der Waals surface area contributed by atoms with E-state index in [-0.39, 0.29) is 17.4 Å². The van der Waals surface area contributed by atoms with Gasteiger partial charge in [0.1, 0.15) is 23.7 Å². The monoisotopic (exact) mass is 386 g/mol. The van der Waals surface area contributed by atoms with E-state index in [2.05, 4.69) is 10.3 Å². The van der Waals surface area contributed by atoms with Crippen LogP contribution in [0.25, 0.3) is 0 Å². The summed E-state index contributed by atoms with van der Waals surface area (Å²) in [4.78, 5) is 41.8. The number of ether oxygens (including phenoxy) is 1. The van der Waals surface area contributed by atoms with Crippen molar-refractivity contribution in [1.82, 2.24) is 15.1 Å². The van der Waals surface area contributed by atoms with Gasteiger partial charge in [0.15, 0.2) is 5.11 Å². The molecule has 2 atom stereocenters. The van der Waals surface area contributed by atoms with Crippen LogP contribution in [0.5, 0.6) is 0 Å². The van der Waals surface area contributed by atoms with Crippen molar-refractivity contribution in [1.29, 1.82) is 0 Å². The normalized spacial score (nSPS) is 22.4. The van der Waals surface area contributed by atoms with E-state index < -0.39 is 29.3 Å². The number of carboxylic acid groups (broad SMARTS) is 1. The number of aliphatic imine (C=N–C) groups is 1. The number of carboxylic acids is 1. The number of nitrogens with zero attached hydrogens (tertiary/aromatic N) is 3. The van der Waals surface area contributed by atoms with Crippen LogP contribution in [0, 0.1) is 0 Å². The lowest BCUT2D eigenvalue weighted by Gasteiger charge is -2.49. The van der Waals surface area contributed by atoms with Crippen molar-refractivity contribution >= 4 is 53.3 Å². The van der Waals surface area contributed by atoms with E-state index in [1.807, 2.05) is 0 Å². The van der Waals surface area contributed by atoms with Crippen molar-refractivity contribution in [2.45, 2.75) is 18.3 Å². The molecule has 9 nitrogen and oxygen atoms in total. The highest BCUT2D eigenvalue weighted by molar-refractivity contribution is 8.00.